The van der Waals surface area contributed by atoms with Crippen molar-refractivity contribution in [1.29, 1.82) is 0 Å². The van der Waals surface area contributed by atoms with Crippen molar-refractivity contribution < 1.29 is 5.11 Å². The molecule has 0 atom stereocenters. The Morgan fingerprint density at radius 1 is 0.875 bits per heavy atom. The van der Waals surface area contributed by atoms with E-state index in [0.29, 0.717) is 11.6 Å². The number of nitrogens with two attached hydrogens (primary N) is 1. The Kier molecular flexibility index (Phi) is 6.24. The van der Waals surface area contributed by atoms with Crippen LogP contribution in [0.2, 0.25) is 0 Å². The van der Waals surface area contributed by atoms with Crippen molar-refractivity contribution in [2.24, 2.45) is 0 Å². The van der Waals surface area contributed by atoms with E-state index >= 15 is 0 Å². The van der Waals surface area contributed by atoms with E-state index in [1.165, 1.54) is 0 Å². The van der Waals surface area contributed by atoms with Gasteiger partial charge in [-0.25, -0.2) is 15.0 Å². The maximum absolute atomic E-state index is 9.38. The third kappa shape index (κ3) is 3.96. The Bertz CT molecular complexity index is 1330. The molecular formula is C26H25N5O. The molecule has 0 unspecified atom stereocenters. The fraction of sp³-hybridized carbons (Fsp3) is 0.115. The average molecular weight is 424 g/mol. The number of aliphatic hydroxyl groups is 1. The number of anilines is 1. The molecule has 0 spiro atoms. The van der Waals surface area contributed by atoms with Gasteiger partial charge in [0, 0.05) is 23.6 Å². The number of benzene rings is 2. The SMILES string of the molecule is CC.Nc1ncccc1-c1nc2cc(-c3ccccc3)cnc2n1-c1ccc(CO)cc1. The number of hydrogen-bond acceptors (Lipinski definition) is 5. The van der Waals surface area contributed by atoms with Crippen LogP contribution in [0, 0.1) is 0 Å². The molecule has 5 aromatic rings. The second-order valence-electron chi connectivity index (χ2n) is 6.96. The Morgan fingerprint density at radius 3 is 2.31 bits per heavy atom. The zero-order valence-corrected chi connectivity index (χ0v) is 18.1. The number of aliphatic hydroxyl groups excluding tert-OH is 1. The van der Waals surface area contributed by atoms with Crippen LogP contribution in [0.25, 0.3) is 39.4 Å². The molecule has 32 heavy (non-hydrogen) atoms. The summed E-state index contributed by atoms with van der Waals surface area (Å²) >= 11 is 0. The molecule has 0 amide bonds. The number of imidazole rings is 1. The van der Waals surface area contributed by atoms with E-state index in [-0.39, 0.29) is 6.61 Å². The van der Waals surface area contributed by atoms with Gasteiger partial charge in [0.25, 0.3) is 0 Å². The molecule has 0 fully saturated rings. The molecule has 0 aliphatic carbocycles. The van der Waals surface area contributed by atoms with Gasteiger partial charge in [-0.05, 0) is 41.5 Å². The van der Waals surface area contributed by atoms with E-state index in [0.717, 1.165) is 39.1 Å². The van der Waals surface area contributed by atoms with Crippen molar-refractivity contribution in [1.82, 2.24) is 19.5 Å². The molecule has 0 radical (unpaired) electrons. The van der Waals surface area contributed by atoms with Crippen molar-refractivity contribution in [2.75, 3.05) is 5.73 Å². The second-order valence-corrected chi connectivity index (χ2v) is 6.96. The molecule has 3 aromatic heterocycles. The van der Waals surface area contributed by atoms with E-state index in [1.807, 2.05) is 97.4 Å². The van der Waals surface area contributed by atoms with E-state index < -0.39 is 0 Å². The Morgan fingerprint density at radius 2 is 1.62 bits per heavy atom. The highest BCUT2D eigenvalue weighted by Gasteiger charge is 2.18. The number of pyridine rings is 2. The number of nitrogens with zero attached hydrogens (tertiary/aromatic N) is 4. The average Bonchev–Trinajstić information content (AvgIpc) is 3.24. The molecule has 6 heteroatoms. The van der Waals surface area contributed by atoms with E-state index in [9.17, 15) is 5.11 Å². The first-order valence-corrected chi connectivity index (χ1v) is 10.6. The number of aromatic nitrogens is 4. The summed E-state index contributed by atoms with van der Waals surface area (Å²) in [5, 5.41) is 9.38. The van der Waals surface area contributed by atoms with E-state index in [4.69, 9.17) is 15.7 Å². The minimum absolute atomic E-state index is 0.00788. The van der Waals surface area contributed by atoms with Crippen molar-refractivity contribution in [2.45, 2.75) is 20.5 Å². The van der Waals surface area contributed by atoms with Gasteiger partial charge in [-0.15, -0.1) is 0 Å². The smallest absolute Gasteiger partial charge is 0.164 e. The van der Waals surface area contributed by atoms with Crippen molar-refractivity contribution in [3.8, 4) is 28.2 Å². The highest BCUT2D eigenvalue weighted by atomic mass is 16.3. The lowest BCUT2D eigenvalue weighted by atomic mass is 10.1. The molecule has 2 aromatic carbocycles. The highest BCUT2D eigenvalue weighted by Crippen LogP contribution is 2.32. The van der Waals surface area contributed by atoms with Crippen molar-refractivity contribution in [3.63, 3.8) is 0 Å². The summed E-state index contributed by atoms with van der Waals surface area (Å²) in [6.45, 7) is 3.99. The molecule has 0 aliphatic heterocycles. The lowest BCUT2D eigenvalue weighted by Gasteiger charge is -2.10. The van der Waals surface area contributed by atoms with Crippen LogP contribution < -0.4 is 5.73 Å². The second kappa shape index (κ2) is 9.41. The van der Waals surface area contributed by atoms with Gasteiger partial charge in [-0.2, -0.15) is 0 Å². The van der Waals surface area contributed by atoms with Gasteiger partial charge in [0.15, 0.2) is 11.5 Å². The summed E-state index contributed by atoms with van der Waals surface area (Å²) < 4.78 is 1.97. The first-order chi connectivity index (χ1) is 15.7. The molecule has 0 saturated carbocycles. The molecular weight excluding hydrogens is 398 g/mol. The topological polar surface area (TPSA) is 89.9 Å². The van der Waals surface area contributed by atoms with Crippen molar-refractivity contribution in [3.05, 3.63) is 90.8 Å². The van der Waals surface area contributed by atoms with E-state index in [2.05, 4.69) is 4.98 Å². The van der Waals surface area contributed by atoms with Crippen LogP contribution in [0.1, 0.15) is 19.4 Å². The Hall–Kier alpha value is -4.03. The zero-order chi connectivity index (χ0) is 22.5. The third-order valence-electron chi connectivity index (χ3n) is 5.06. The standard InChI is InChI=1S/C24H19N5O.C2H6/c25-22-20(7-4-12-26-22)23-28-21-13-18(17-5-2-1-3-6-17)14-27-24(21)29(23)19-10-8-16(15-30)9-11-19;1-2/h1-14,30H,15H2,(H2,25,26);1-2H3. The minimum atomic E-state index is -0.00788. The van der Waals surface area contributed by atoms with Crippen molar-refractivity contribution >= 4 is 17.0 Å². The van der Waals surface area contributed by atoms with Gasteiger partial charge in [0.2, 0.25) is 0 Å². The molecule has 3 N–H and O–H groups in total. The highest BCUT2D eigenvalue weighted by molar-refractivity contribution is 5.85. The first kappa shape index (κ1) is 21.2. The van der Waals surface area contributed by atoms with Crippen LogP contribution in [-0.4, -0.2) is 24.6 Å². The third-order valence-corrected chi connectivity index (χ3v) is 5.06. The molecule has 0 saturated heterocycles. The minimum Gasteiger partial charge on any atom is -0.392 e. The lowest BCUT2D eigenvalue weighted by Crippen LogP contribution is -2.02. The molecule has 0 aliphatic rings. The fourth-order valence-corrected chi connectivity index (χ4v) is 3.54. The van der Waals surface area contributed by atoms with Crippen LogP contribution >= 0.6 is 0 Å². The van der Waals surface area contributed by atoms with Gasteiger partial charge in [-0.1, -0.05) is 56.3 Å². The van der Waals surface area contributed by atoms with Gasteiger partial charge >= 0.3 is 0 Å². The maximum atomic E-state index is 9.38. The largest absolute Gasteiger partial charge is 0.392 e. The molecule has 0 bridgehead atoms. The molecule has 160 valence electrons. The molecule has 5 rings (SSSR count). The quantitative estimate of drug-likeness (QED) is 0.412. The normalized spacial score (nSPS) is 10.6. The van der Waals surface area contributed by atoms with Gasteiger partial charge in [0.05, 0.1) is 12.2 Å². The number of rotatable bonds is 4. The lowest BCUT2D eigenvalue weighted by molar-refractivity contribution is 0.282. The summed E-state index contributed by atoms with van der Waals surface area (Å²) in [7, 11) is 0. The summed E-state index contributed by atoms with van der Waals surface area (Å²) in [5.74, 6) is 1.08. The zero-order valence-electron chi connectivity index (χ0n) is 18.1. The summed E-state index contributed by atoms with van der Waals surface area (Å²) in [6, 6.07) is 23.5. The van der Waals surface area contributed by atoms with Crippen LogP contribution in [0.5, 0.6) is 0 Å². The van der Waals surface area contributed by atoms with Gasteiger partial charge in [-0.3, -0.25) is 4.57 Å². The number of fused-ring (bicyclic) bond motifs is 1. The van der Waals surface area contributed by atoms with Crippen LogP contribution in [0.3, 0.4) is 0 Å². The maximum Gasteiger partial charge on any atom is 0.164 e. The Balaban J connectivity index is 0.00000119. The molecule has 6 nitrogen and oxygen atoms in total. The van der Waals surface area contributed by atoms with Gasteiger partial charge in [0.1, 0.15) is 11.3 Å². The van der Waals surface area contributed by atoms with E-state index in [1.54, 1.807) is 6.20 Å². The summed E-state index contributed by atoms with van der Waals surface area (Å²) in [6.07, 6.45) is 3.52. The predicted molar refractivity (Wildman–Crippen MR) is 129 cm³/mol. The summed E-state index contributed by atoms with van der Waals surface area (Å²) in [5.41, 5.74) is 12.2. The first-order valence-electron chi connectivity index (χ1n) is 10.6. The van der Waals surface area contributed by atoms with Gasteiger partial charge < -0.3 is 10.8 Å². The van der Waals surface area contributed by atoms with Crippen LogP contribution in [0.4, 0.5) is 5.82 Å². The van der Waals surface area contributed by atoms with Crippen LogP contribution in [-0.2, 0) is 6.61 Å². The Labute approximate surface area is 187 Å². The predicted octanol–water partition coefficient (Wildman–Crippen LogP) is 5.25. The van der Waals surface area contributed by atoms with Crippen LogP contribution in [0.15, 0.2) is 85.2 Å². The number of hydrogen-bond donors (Lipinski definition) is 2. The monoisotopic (exact) mass is 423 g/mol. The summed E-state index contributed by atoms with van der Waals surface area (Å²) in [4.78, 5) is 13.8. The fourth-order valence-electron chi connectivity index (χ4n) is 3.54. The molecule has 3 heterocycles. The number of nitrogen functional groups attached to an aromatic ring is 1.